The SMILES string of the molecule is CCCCc1ccc(NC(=O)[C@@H](C)n2c(=S)[nH]c3ccccc3c2=O)cc1. The Morgan fingerprint density at radius 1 is 1.19 bits per heavy atom. The first-order chi connectivity index (χ1) is 13.0. The molecule has 2 N–H and O–H groups in total. The normalized spacial score (nSPS) is 12.1. The molecule has 1 amide bonds. The Hall–Kier alpha value is -2.73. The van der Waals surface area contributed by atoms with Crippen LogP contribution < -0.4 is 10.9 Å². The molecule has 1 aromatic heterocycles. The number of benzene rings is 2. The van der Waals surface area contributed by atoms with E-state index < -0.39 is 6.04 Å². The molecule has 0 bridgehead atoms. The average Bonchev–Trinajstić information content (AvgIpc) is 2.67. The second-order valence-electron chi connectivity index (χ2n) is 6.62. The van der Waals surface area contributed by atoms with Crippen LogP contribution in [0.25, 0.3) is 10.9 Å². The van der Waals surface area contributed by atoms with Crippen LogP contribution >= 0.6 is 12.2 Å². The van der Waals surface area contributed by atoms with Crippen molar-refractivity contribution in [3.8, 4) is 0 Å². The molecule has 27 heavy (non-hydrogen) atoms. The van der Waals surface area contributed by atoms with Crippen molar-refractivity contribution in [2.45, 2.75) is 39.2 Å². The van der Waals surface area contributed by atoms with E-state index in [-0.39, 0.29) is 16.2 Å². The number of hydrogen-bond acceptors (Lipinski definition) is 3. The summed E-state index contributed by atoms with van der Waals surface area (Å²) in [5, 5.41) is 3.37. The van der Waals surface area contributed by atoms with Crippen LogP contribution in [0, 0.1) is 4.77 Å². The molecular weight excluding hydrogens is 358 g/mol. The molecule has 0 unspecified atom stereocenters. The zero-order valence-corrected chi connectivity index (χ0v) is 16.3. The highest BCUT2D eigenvalue weighted by molar-refractivity contribution is 7.71. The molecule has 0 saturated heterocycles. The first-order valence-corrected chi connectivity index (χ1v) is 9.55. The second-order valence-corrected chi connectivity index (χ2v) is 7.00. The molecule has 0 saturated carbocycles. The van der Waals surface area contributed by atoms with Gasteiger partial charge in [0.15, 0.2) is 4.77 Å². The molecule has 1 heterocycles. The molecule has 0 aliphatic heterocycles. The van der Waals surface area contributed by atoms with Crippen LogP contribution in [0.1, 0.15) is 38.3 Å². The summed E-state index contributed by atoms with van der Waals surface area (Å²) in [5.74, 6) is -0.284. The number of aromatic nitrogens is 2. The lowest BCUT2D eigenvalue weighted by Crippen LogP contribution is -2.32. The summed E-state index contributed by atoms with van der Waals surface area (Å²) in [4.78, 5) is 28.5. The number of anilines is 1. The summed E-state index contributed by atoms with van der Waals surface area (Å²) in [6, 6.07) is 14.2. The van der Waals surface area contributed by atoms with Crippen molar-refractivity contribution in [3.05, 3.63) is 69.2 Å². The molecular formula is C21H23N3O2S. The molecule has 3 rings (SSSR count). The summed E-state index contributed by atoms with van der Waals surface area (Å²) < 4.78 is 1.55. The Labute approximate surface area is 163 Å². The number of aryl methyl sites for hydroxylation is 1. The minimum atomic E-state index is -0.731. The monoisotopic (exact) mass is 381 g/mol. The van der Waals surface area contributed by atoms with E-state index >= 15 is 0 Å². The summed E-state index contributed by atoms with van der Waals surface area (Å²) in [6.07, 6.45) is 3.32. The summed E-state index contributed by atoms with van der Waals surface area (Å²) in [7, 11) is 0. The van der Waals surface area contributed by atoms with Gasteiger partial charge >= 0.3 is 0 Å². The molecule has 6 heteroatoms. The number of amides is 1. The number of aromatic amines is 1. The van der Waals surface area contributed by atoms with Gasteiger partial charge in [-0.3, -0.25) is 14.2 Å². The van der Waals surface area contributed by atoms with E-state index in [1.807, 2.05) is 30.3 Å². The third-order valence-corrected chi connectivity index (χ3v) is 4.94. The number of nitrogens with one attached hydrogen (secondary N) is 2. The zero-order chi connectivity index (χ0) is 19.4. The maximum atomic E-state index is 12.8. The molecule has 0 spiro atoms. The number of nitrogens with zero attached hydrogens (tertiary/aromatic N) is 1. The number of H-pyrrole nitrogens is 1. The van der Waals surface area contributed by atoms with Crippen molar-refractivity contribution in [3.63, 3.8) is 0 Å². The van der Waals surface area contributed by atoms with Crippen molar-refractivity contribution < 1.29 is 4.79 Å². The Kier molecular flexibility index (Phi) is 5.86. The molecule has 0 aliphatic carbocycles. The van der Waals surface area contributed by atoms with Crippen LogP contribution in [0.4, 0.5) is 5.69 Å². The zero-order valence-electron chi connectivity index (χ0n) is 15.5. The quantitative estimate of drug-likeness (QED) is 0.613. The Morgan fingerprint density at radius 3 is 2.59 bits per heavy atom. The molecule has 2 aromatic carbocycles. The predicted molar refractivity (Wildman–Crippen MR) is 112 cm³/mol. The van der Waals surface area contributed by atoms with Crippen molar-refractivity contribution in [1.29, 1.82) is 0 Å². The predicted octanol–water partition coefficient (Wildman–Crippen LogP) is 4.60. The van der Waals surface area contributed by atoms with E-state index in [0.29, 0.717) is 16.6 Å². The number of carbonyl (C=O) groups is 1. The molecule has 3 aromatic rings. The van der Waals surface area contributed by atoms with Crippen molar-refractivity contribution in [2.75, 3.05) is 5.32 Å². The van der Waals surface area contributed by atoms with Gasteiger partial charge in [0, 0.05) is 5.69 Å². The molecule has 0 fully saturated rings. The minimum Gasteiger partial charge on any atom is -0.332 e. The van der Waals surface area contributed by atoms with Gasteiger partial charge in [-0.1, -0.05) is 37.6 Å². The van der Waals surface area contributed by atoms with Gasteiger partial charge in [-0.25, -0.2) is 0 Å². The van der Waals surface area contributed by atoms with Crippen LogP contribution in [-0.4, -0.2) is 15.5 Å². The van der Waals surface area contributed by atoms with Gasteiger partial charge in [0.05, 0.1) is 10.9 Å². The average molecular weight is 382 g/mol. The maximum absolute atomic E-state index is 12.8. The topological polar surface area (TPSA) is 66.9 Å². The van der Waals surface area contributed by atoms with Crippen molar-refractivity contribution >= 4 is 34.7 Å². The maximum Gasteiger partial charge on any atom is 0.262 e. The highest BCUT2D eigenvalue weighted by atomic mass is 32.1. The van der Waals surface area contributed by atoms with Gasteiger partial charge in [-0.15, -0.1) is 0 Å². The fourth-order valence-corrected chi connectivity index (χ4v) is 3.38. The number of hydrogen-bond donors (Lipinski definition) is 2. The van der Waals surface area contributed by atoms with Gasteiger partial charge in [0.25, 0.3) is 5.56 Å². The Morgan fingerprint density at radius 2 is 1.89 bits per heavy atom. The van der Waals surface area contributed by atoms with E-state index in [2.05, 4.69) is 17.2 Å². The highest BCUT2D eigenvalue weighted by Crippen LogP contribution is 2.15. The van der Waals surface area contributed by atoms with Gasteiger partial charge < -0.3 is 10.3 Å². The van der Waals surface area contributed by atoms with E-state index in [9.17, 15) is 9.59 Å². The summed E-state index contributed by atoms with van der Waals surface area (Å²) in [5.41, 5.74) is 2.35. The lowest BCUT2D eigenvalue weighted by atomic mass is 10.1. The molecule has 5 nitrogen and oxygen atoms in total. The first-order valence-electron chi connectivity index (χ1n) is 9.14. The van der Waals surface area contributed by atoms with Gasteiger partial charge in [-0.05, 0) is 61.8 Å². The third-order valence-electron chi connectivity index (χ3n) is 4.64. The Balaban J connectivity index is 1.82. The van der Waals surface area contributed by atoms with E-state index in [1.165, 1.54) is 10.1 Å². The van der Waals surface area contributed by atoms with Gasteiger partial charge in [0.1, 0.15) is 6.04 Å². The largest absolute Gasteiger partial charge is 0.332 e. The molecule has 140 valence electrons. The Bertz CT molecular complexity index is 1070. The number of carbonyl (C=O) groups excluding carboxylic acids is 1. The fraction of sp³-hybridized carbons (Fsp3) is 0.286. The van der Waals surface area contributed by atoms with Gasteiger partial charge in [0.2, 0.25) is 5.91 Å². The lowest BCUT2D eigenvalue weighted by molar-refractivity contribution is -0.118. The number of fused-ring (bicyclic) bond motifs is 1. The summed E-state index contributed by atoms with van der Waals surface area (Å²) >= 11 is 5.31. The van der Waals surface area contributed by atoms with Crippen molar-refractivity contribution in [2.24, 2.45) is 0 Å². The van der Waals surface area contributed by atoms with Crippen LogP contribution in [0.2, 0.25) is 0 Å². The lowest BCUT2D eigenvalue weighted by Gasteiger charge is -2.16. The van der Waals surface area contributed by atoms with E-state index in [1.54, 1.807) is 25.1 Å². The fourth-order valence-electron chi connectivity index (χ4n) is 3.03. The van der Waals surface area contributed by atoms with E-state index in [4.69, 9.17) is 12.2 Å². The number of para-hydroxylation sites is 1. The molecule has 0 aliphatic rings. The standard InChI is InChI=1S/C21H23N3O2S/c1-3-4-7-15-10-12-16(13-11-15)22-19(25)14(2)24-20(26)17-8-5-6-9-18(17)23-21(24)27/h5-6,8-14H,3-4,7H2,1-2H3,(H,22,25)(H,23,27)/t14-/m1/s1. The van der Waals surface area contributed by atoms with E-state index in [0.717, 1.165) is 19.3 Å². The third kappa shape index (κ3) is 4.17. The smallest absolute Gasteiger partial charge is 0.262 e. The van der Waals surface area contributed by atoms with Crippen LogP contribution in [0.3, 0.4) is 0 Å². The first kappa shape index (κ1) is 19.0. The molecule has 1 atom stereocenters. The number of rotatable bonds is 6. The van der Waals surface area contributed by atoms with Gasteiger partial charge in [-0.2, -0.15) is 0 Å². The van der Waals surface area contributed by atoms with Crippen LogP contribution in [0.15, 0.2) is 53.3 Å². The van der Waals surface area contributed by atoms with Crippen LogP contribution in [-0.2, 0) is 11.2 Å². The summed E-state index contributed by atoms with van der Waals surface area (Å²) in [6.45, 7) is 3.83. The number of unbranched alkanes of at least 4 members (excludes halogenated alkanes) is 1. The highest BCUT2D eigenvalue weighted by Gasteiger charge is 2.19. The minimum absolute atomic E-state index is 0.233. The second kappa shape index (κ2) is 8.31. The van der Waals surface area contributed by atoms with Crippen LogP contribution in [0.5, 0.6) is 0 Å². The van der Waals surface area contributed by atoms with Crippen molar-refractivity contribution in [1.82, 2.24) is 9.55 Å². The molecule has 0 radical (unpaired) electrons.